The number of rotatable bonds is 8. The molecule has 0 heterocycles. The molecule has 3 nitrogen and oxygen atoms in total. The van der Waals surface area contributed by atoms with Gasteiger partial charge < -0.3 is 11.1 Å². The quantitative estimate of drug-likeness (QED) is 0.526. The fraction of sp³-hybridized carbons (Fsp3) is 0.583. The Morgan fingerprint density at radius 3 is 2.62 bits per heavy atom. The Hall–Kier alpha value is -0.200. The van der Waals surface area contributed by atoms with Gasteiger partial charge in [-0.3, -0.25) is 4.90 Å². The van der Waals surface area contributed by atoms with Gasteiger partial charge in [-0.15, -0.1) is 0 Å². The Balaban J connectivity index is 4.44. The van der Waals surface area contributed by atoms with Crippen molar-refractivity contribution in [3.8, 4) is 0 Å². The summed E-state index contributed by atoms with van der Waals surface area (Å²) in [6.07, 6.45) is 1.97. The molecule has 16 heavy (non-hydrogen) atoms. The number of likely N-dealkylation sites (N-methyl/N-ethyl adjacent to an activating group) is 2. The van der Waals surface area contributed by atoms with E-state index in [0.717, 1.165) is 31.9 Å². The van der Waals surface area contributed by atoms with Crippen molar-refractivity contribution >= 4 is 24.4 Å². The number of allylic oxidation sites excluding steroid dienone is 1. The van der Waals surface area contributed by atoms with Crippen LogP contribution < -0.4 is 11.1 Å². The van der Waals surface area contributed by atoms with Crippen molar-refractivity contribution in [2.45, 2.75) is 20.8 Å². The van der Waals surface area contributed by atoms with E-state index in [2.05, 4.69) is 34.7 Å². The van der Waals surface area contributed by atoms with Gasteiger partial charge in [-0.25, -0.2) is 0 Å². The lowest BCUT2D eigenvalue weighted by Gasteiger charge is -2.20. The highest BCUT2D eigenvalue weighted by Crippen LogP contribution is 2.09. The lowest BCUT2D eigenvalue weighted by molar-refractivity contribution is 0.441. The second kappa shape index (κ2) is 9.99. The highest BCUT2D eigenvalue weighted by molar-refractivity contribution is 14.2. The molecule has 0 saturated heterocycles. The first-order valence-corrected chi connectivity index (χ1v) is 7.98. The molecule has 0 atom stereocenters. The van der Waals surface area contributed by atoms with Crippen molar-refractivity contribution in [2.75, 3.05) is 26.2 Å². The summed E-state index contributed by atoms with van der Waals surface area (Å²) < 4.78 is 3.50. The van der Waals surface area contributed by atoms with Crippen molar-refractivity contribution in [1.82, 2.24) is 10.2 Å². The van der Waals surface area contributed by atoms with Crippen LogP contribution in [0.1, 0.15) is 20.8 Å². The number of nitrogens with one attached hydrogen (secondary N) is 1. The maximum Gasteiger partial charge on any atom is 0.0504 e. The highest BCUT2D eigenvalue weighted by Gasteiger charge is 2.04. The van der Waals surface area contributed by atoms with Gasteiger partial charge >= 0.3 is 0 Å². The number of hydrogen-bond donors (Lipinski definition) is 2. The Bertz CT molecular complexity index is 255. The van der Waals surface area contributed by atoms with E-state index in [4.69, 9.17) is 5.73 Å². The van der Waals surface area contributed by atoms with Gasteiger partial charge in [-0.05, 0) is 23.6 Å². The van der Waals surface area contributed by atoms with E-state index in [-0.39, 0.29) is 20.7 Å². The molecule has 0 rings (SSSR count). The van der Waals surface area contributed by atoms with Crippen LogP contribution in [0.25, 0.3) is 0 Å². The van der Waals surface area contributed by atoms with Crippen LogP contribution in [0.2, 0.25) is 0 Å². The summed E-state index contributed by atoms with van der Waals surface area (Å²) in [5, 5.41) is 3.34. The minimum atomic E-state index is -0.141. The van der Waals surface area contributed by atoms with Crippen molar-refractivity contribution in [3.05, 3.63) is 22.4 Å². The van der Waals surface area contributed by atoms with Crippen LogP contribution in [0, 0.1) is 0 Å². The summed E-state index contributed by atoms with van der Waals surface area (Å²) in [6, 6.07) is 0. The maximum absolute atomic E-state index is 5.67. The summed E-state index contributed by atoms with van der Waals surface area (Å²) >= 11 is -0.141. The molecule has 0 aliphatic heterocycles. The molecule has 0 aliphatic carbocycles. The van der Waals surface area contributed by atoms with Gasteiger partial charge in [0.25, 0.3) is 0 Å². The molecule has 0 fully saturated rings. The first-order chi connectivity index (χ1) is 7.65. The summed E-state index contributed by atoms with van der Waals surface area (Å²) in [5.74, 6) is 0. The monoisotopic (exact) mass is 337 g/mol. The molecular formula is C12H24IN3. The first kappa shape index (κ1) is 15.8. The number of hydrogen-bond acceptors (Lipinski definition) is 3. The average Bonchev–Trinajstić information content (AvgIpc) is 2.27. The van der Waals surface area contributed by atoms with Crippen LogP contribution in [-0.2, 0) is 0 Å². The molecule has 0 spiro atoms. The molecule has 0 aromatic carbocycles. The van der Waals surface area contributed by atoms with E-state index in [9.17, 15) is 0 Å². The second-order valence-corrected chi connectivity index (χ2v) is 5.77. The van der Waals surface area contributed by atoms with Gasteiger partial charge in [0.1, 0.15) is 0 Å². The fourth-order valence-electron chi connectivity index (χ4n) is 1.19. The number of nitrogens with zero attached hydrogens (tertiary/aromatic N) is 1. The van der Waals surface area contributed by atoms with Crippen LogP contribution in [0.4, 0.5) is 0 Å². The normalized spacial score (nSPS) is 13.8. The molecule has 3 N–H and O–H groups in total. The average molecular weight is 337 g/mol. The van der Waals surface area contributed by atoms with E-state index in [1.807, 2.05) is 13.0 Å². The topological polar surface area (TPSA) is 41.3 Å². The molecule has 0 unspecified atom stereocenters. The summed E-state index contributed by atoms with van der Waals surface area (Å²) in [6.45, 7) is 14.3. The molecule has 0 saturated carbocycles. The standard InChI is InChI=1S/C12H24IN3/c1-5-12(13-10-11(4)14)16(7-3)9-8-15-6-2/h5,10,15H,1,6-9,14H2,2-4H3/b11-10+. The summed E-state index contributed by atoms with van der Waals surface area (Å²) in [4.78, 5) is 2.38. The van der Waals surface area contributed by atoms with E-state index >= 15 is 0 Å². The Labute approximate surface area is 110 Å². The van der Waals surface area contributed by atoms with Crippen LogP contribution >= 0.6 is 20.7 Å². The van der Waals surface area contributed by atoms with E-state index in [1.165, 1.54) is 3.63 Å². The number of nitrogens with two attached hydrogens (primary N) is 1. The predicted octanol–water partition coefficient (Wildman–Crippen LogP) is 2.02. The first-order valence-electron chi connectivity index (χ1n) is 5.66. The minimum Gasteiger partial charge on any atom is -0.402 e. The maximum atomic E-state index is 5.67. The fourth-order valence-corrected chi connectivity index (χ4v) is 3.23. The third kappa shape index (κ3) is 7.14. The predicted molar refractivity (Wildman–Crippen MR) is 83.0 cm³/mol. The molecule has 0 aliphatic rings. The zero-order valence-corrected chi connectivity index (χ0v) is 12.8. The summed E-state index contributed by atoms with van der Waals surface area (Å²) in [7, 11) is 0. The third-order valence-electron chi connectivity index (χ3n) is 2.00. The van der Waals surface area contributed by atoms with Crippen molar-refractivity contribution in [3.63, 3.8) is 0 Å². The van der Waals surface area contributed by atoms with Crippen LogP contribution in [0.3, 0.4) is 0 Å². The van der Waals surface area contributed by atoms with Crippen molar-refractivity contribution < 1.29 is 0 Å². The molecular weight excluding hydrogens is 313 g/mol. The molecule has 0 amide bonds. The van der Waals surface area contributed by atoms with E-state index in [1.54, 1.807) is 0 Å². The van der Waals surface area contributed by atoms with E-state index in [0.29, 0.717) is 0 Å². The Kier molecular flexibility index (Phi) is 9.86. The smallest absolute Gasteiger partial charge is 0.0504 e. The highest BCUT2D eigenvalue weighted by atomic mass is 127. The van der Waals surface area contributed by atoms with Gasteiger partial charge in [-0.2, -0.15) is 0 Å². The lowest BCUT2D eigenvalue weighted by atomic mass is 10.4. The molecule has 0 aromatic rings. The SMILES string of the molecule is C=CC(=I/C=C(\C)N)N(CC)CCNCC. The molecule has 4 heteroatoms. The zero-order chi connectivity index (χ0) is 12.4. The van der Waals surface area contributed by atoms with Gasteiger partial charge in [0.2, 0.25) is 0 Å². The second-order valence-electron chi connectivity index (χ2n) is 3.42. The molecule has 0 radical (unpaired) electrons. The largest absolute Gasteiger partial charge is 0.402 e. The van der Waals surface area contributed by atoms with Gasteiger partial charge in [0.15, 0.2) is 0 Å². The number of halogens is 1. The molecule has 94 valence electrons. The van der Waals surface area contributed by atoms with Gasteiger partial charge in [-0.1, -0.05) is 41.2 Å². The Morgan fingerprint density at radius 2 is 2.19 bits per heavy atom. The Morgan fingerprint density at radius 1 is 1.50 bits per heavy atom. The zero-order valence-electron chi connectivity index (χ0n) is 10.6. The third-order valence-corrected chi connectivity index (χ3v) is 5.05. The van der Waals surface area contributed by atoms with Crippen LogP contribution in [-0.4, -0.2) is 34.7 Å². The van der Waals surface area contributed by atoms with Crippen molar-refractivity contribution in [2.24, 2.45) is 5.73 Å². The van der Waals surface area contributed by atoms with Gasteiger partial charge in [0, 0.05) is 25.3 Å². The molecule has 0 bridgehead atoms. The van der Waals surface area contributed by atoms with Gasteiger partial charge in [0.05, 0.1) is 3.63 Å². The molecule has 0 aromatic heterocycles. The lowest BCUT2D eigenvalue weighted by Crippen LogP contribution is -2.34. The minimum absolute atomic E-state index is 0.141. The van der Waals surface area contributed by atoms with Crippen LogP contribution in [0.5, 0.6) is 0 Å². The van der Waals surface area contributed by atoms with E-state index < -0.39 is 0 Å². The summed E-state index contributed by atoms with van der Waals surface area (Å²) in [5.41, 5.74) is 6.58. The van der Waals surface area contributed by atoms with Crippen LogP contribution in [0.15, 0.2) is 22.4 Å². The van der Waals surface area contributed by atoms with Crippen molar-refractivity contribution in [1.29, 1.82) is 0 Å².